The summed E-state index contributed by atoms with van der Waals surface area (Å²) in [7, 11) is 0. The number of anilines is 1. The van der Waals surface area contributed by atoms with Crippen LogP contribution in [0.4, 0.5) is 18.9 Å². The third-order valence-corrected chi connectivity index (χ3v) is 4.21. The van der Waals surface area contributed by atoms with Crippen molar-refractivity contribution in [2.24, 2.45) is 0 Å². The first-order chi connectivity index (χ1) is 11.5. The van der Waals surface area contributed by atoms with Gasteiger partial charge in [0.15, 0.2) is 22.6 Å². The van der Waals surface area contributed by atoms with Crippen molar-refractivity contribution in [3.8, 4) is 0 Å². The first kappa shape index (κ1) is 18.3. The summed E-state index contributed by atoms with van der Waals surface area (Å²) in [6, 6.07) is 1.73. The van der Waals surface area contributed by atoms with Gasteiger partial charge < -0.3 is 9.88 Å². The number of thioether (sulfide) groups is 1. The maximum Gasteiger partial charge on any atom is 0.234 e. The van der Waals surface area contributed by atoms with Crippen LogP contribution in [0.3, 0.4) is 0 Å². The van der Waals surface area contributed by atoms with Crippen LogP contribution in [0.1, 0.15) is 26.2 Å². The number of nitrogens with one attached hydrogen (secondary N) is 1. The number of carbonyl (C=O) groups is 1. The Balaban J connectivity index is 1.90. The molecule has 1 amide bonds. The number of halogens is 3. The number of rotatable bonds is 8. The molecule has 0 spiro atoms. The van der Waals surface area contributed by atoms with Crippen molar-refractivity contribution in [2.75, 3.05) is 11.1 Å². The lowest BCUT2D eigenvalue weighted by molar-refractivity contribution is -0.113. The molecule has 2 rings (SSSR count). The number of unbranched alkanes of at least 4 members (excludes halogenated alkanes) is 2. The zero-order valence-electron chi connectivity index (χ0n) is 13.1. The van der Waals surface area contributed by atoms with Gasteiger partial charge >= 0.3 is 0 Å². The Kier molecular flexibility index (Phi) is 6.65. The highest BCUT2D eigenvalue weighted by Crippen LogP contribution is 2.21. The average Bonchev–Trinajstić information content (AvgIpc) is 3.01. The molecule has 9 heteroatoms. The van der Waals surface area contributed by atoms with Crippen molar-refractivity contribution in [1.82, 2.24) is 14.8 Å². The number of hydrogen-bond acceptors (Lipinski definition) is 4. The molecule has 1 heterocycles. The first-order valence-corrected chi connectivity index (χ1v) is 8.45. The minimum absolute atomic E-state index is 0.0507. The van der Waals surface area contributed by atoms with E-state index in [0.29, 0.717) is 5.16 Å². The lowest BCUT2D eigenvalue weighted by atomic mass is 10.2. The van der Waals surface area contributed by atoms with Gasteiger partial charge in [-0.1, -0.05) is 31.5 Å². The van der Waals surface area contributed by atoms with E-state index in [2.05, 4.69) is 22.4 Å². The largest absolute Gasteiger partial charge is 0.323 e. The number of carbonyl (C=O) groups excluding carboxylic acids is 1. The number of aryl methyl sites for hydroxylation is 1. The molecular weight excluding hydrogens is 341 g/mol. The van der Waals surface area contributed by atoms with Gasteiger partial charge in [0.1, 0.15) is 6.33 Å². The monoisotopic (exact) mass is 358 g/mol. The van der Waals surface area contributed by atoms with Crippen molar-refractivity contribution >= 4 is 23.4 Å². The second-order valence-corrected chi connectivity index (χ2v) is 6.02. The first-order valence-electron chi connectivity index (χ1n) is 7.47. The highest BCUT2D eigenvalue weighted by atomic mass is 32.2. The summed E-state index contributed by atoms with van der Waals surface area (Å²) in [5, 5.41) is 10.5. The van der Waals surface area contributed by atoms with Crippen LogP contribution < -0.4 is 5.32 Å². The Morgan fingerprint density at radius 3 is 2.79 bits per heavy atom. The third-order valence-electron chi connectivity index (χ3n) is 3.22. The number of hydrogen-bond donors (Lipinski definition) is 1. The van der Waals surface area contributed by atoms with Gasteiger partial charge in [0, 0.05) is 6.54 Å². The summed E-state index contributed by atoms with van der Waals surface area (Å²) in [5.74, 6) is -4.94. The van der Waals surface area contributed by atoms with Crippen LogP contribution in [0.15, 0.2) is 23.6 Å². The molecule has 0 aliphatic heterocycles. The van der Waals surface area contributed by atoms with E-state index in [1.54, 1.807) is 6.33 Å². The molecule has 24 heavy (non-hydrogen) atoms. The normalized spacial score (nSPS) is 10.8. The predicted molar refractivity (Wildman–Crippen MR) is 85.2 cm³/mol. The van der Waals surface area contributed by atoms with Gasteiger partial charge in [0.25, 0.3) is 0 Å². The topological polar surface area (TPSA) is 59.8 Å². The van der Waals surface area contributed by atoms with E-state index >= 15 is 0 Å². The Morgan fingerprint density at radius 2 is 2.04 bits per heavy atom. The Morgan fingerprint density at radius 1 is 1.25 bits per heavy atom. The minimum Gasteiger partial charge on any atom is -0.323 e. The maximum absolute atomic E-state index is 13.5. The molecule has 2 aromatic rings. The lowest BCUT2D eigenvalue weighted by Gasteiger charge is -2.08. The summed E-state index contributed by atoms with van der Waals surface area (Å²) in [6.07, 6.45) is 4.74. The molecule has 0 bridgehead atoms. The Hall–Kier alpha value is -2.03. The quantitative estimate of drug-likeness (QED) is 0.445. The molecular formula is C15H17F3N4OS. The van der Waals surface area contributed by atoms with Gasteiger partial charge in [0.05, 0.1) is 11.4 Å². The van der Waals surface area contributed by atoms with E-state index in [0.717, 1.165) is 49.7 Å². The standard InChI is InChI=1S/C15H17F3N4OS/c1-2-3-4-7-22-9-19-21-15(22)24-8-12(23)20-11-6-5-10(16)13(17)14(11)18/h5-6,9H,2-4,7-8H2,1H3,(H,20,23). The molecule has 0 radical (unpaired) electrons. The van der Waals surface area contributed by atoms with Crippen molar-refractivity contribution in [3.63, 3.8) is 0 Å². The van der Waals surface area contributed by atoms with Crippen LogP contribution in [0, 0.1) is 17.5 Å². The number of benzene rings is 1. The van der Waals surface area contributed by atoms with Gasteiger partial charge in [0.2, 0.25) is 5.91 Å². The number of nitrogens with zero attached hydrogens (tertiary/aromatic N) is 3. The zero-order chi connectivity index (χ0) is 17.5. The maximum atomic E-state index is 13.5. The summed E-state index contributed by atoms with van der Waals surface area (Å²) in [4.78, 5) is 11.9. The molecule has 0 atom stereocenters. The highest BCUT2D eigenvalue weighted by molar-refractivity contribution is 7.99. The molecule has 5 nitrogen and oxygen atoms in total. The molecule has 0 unspecified atom stereocenters. The minimum atomic E-state index is -1.61. The van der Waals surface area contributed by atoms with E-state index in [-0.39, 0.29) is 5.75 Å². The van der Waals surface area contributed by atoms with Gasteiger partial charge in [-0.2, -0.15) is 0 Å². The third kappa shape index (κ3) is 4.73. The lowest BCUT2D eigenvalue weighted by Crippen LogP contribution is -2.16. The van der Waals surface area contributed by atoms with Crippen molar-refractivity contribution < 1.29 is 18.0 Å². The fourth-order valence-electron chi connectivity index (χ4n) is 1.98. The van der Waals surface area contributed by atoms with Crippen LogP contribution in [-0.2, 0) is 11.3 Å². The number of aromatic nitrogens is 3. The molecule has 0 saturated heterocycles. The molecule has 1 aromatic carbocycles. The van der Waals surface area contributed by atoms with E-state index in [1.807, 2.05) is 4.57 Å². The average molecular weight is 358 g/mol. The van der Waals surface area contributed by atoms with Crippen molar-refractivity contribution in [1.29, 1.82) is 0 Å². The summed E-state index contributed by atoms with van der Waals surface area (Å²) >= 11 is 1.14. The zero-order valence-corrected chi connectivity index (χ0v) is 13.9. The molecule has 130 valence electrons. The highest BCUT2D eigenvalue weighted by Gasteiger charge is 2.16. The molecule has 1 N–H and O–H groups in total. The second-order valence-electron chi connectivity index (χ2n) is 5.07. The van der Waals surface area contributed by atoms with Gasteiger partial charge in [-0.3, -0.25) is 4.79 Å². The van der Waals surface area contributed by atoms with Gasteiger partial charge in [-0.15, -0.1) is 10.2 Å². The second kappa shape index (κ2) is 8.72. The Labute approximate surface area is 141 Å². The summed E-state index contributed by atoms with van der Waals surface area (Å²) < 4.78 is 41.3. The molecule has 0 saturated carbocycles. The van der Waals surface area contributed by atoms with Crippen LogP contribution in [0.5, 0.6) is 0 Å². The van der Waals surface area contributed by atoms with E-state index in [9.17, 15) is 18.0 Å². The van der Waals surface area contributed by atoms with Gasteiger partial charge in [-0.05, 0) is 18.6 Å². The van der Waals surface area contributed by atoms with E-state index in [1.165, 1.54) is 0 Å². The fraction of sp³-hybridized carbons (Fsp3) is 0.400. The van der Waals surface area contributed by atoms with Crippen LogP contribution in [0.25, 0.3) is 0 Å². The van der Waals surface area contributed by atoms with E-state index in [4.69, 9.17) is 0 Å². The van der Waals surface area contributed by atoms with Gasteiger partial charge in [-0.25, -0.2) is 13.2 Å². The number of amides is 1. The summed E-state index contributed by atoms with van der Waals surface area (Å²) in [5.41, 5.74) is -0.399. The van der Waals surface area contributed by atoms with Crippen LogP contribution in [-0.4, -0.2) is 26.4 Å². The van der Waals surface area contributed by atoms with Crippen molar-refractivity contribution in [2.45, 2.75) is 37.9 Å². The SMILES string of the molecule is CCCCCn1cnnc1SCC(=O)Nc1ccc(F)c(F)c1F. The molecule has 0 aliphatic rings. The summed E-state index contributed by atoms with van der Waals surface area (Å²) in [6.45, 7) is 2.85. The van der Waals surface area contributed by atoms with Crippen molar-refractivity contribution in [3.05, 3.63) is 35.9 Å². The smallest absolute Gasteiger partial charge is 0.234 e. The molecule has 0 aliphatic carbocycles. The molecule has 1 aromatic heterocycles. The predicted octanol–water partition coefficient (Wildman–Crippen LogP) is 3.62. The van der Waals surface area contributed by atoms with E-state index < -0.39 is 29.0 Å². The van der Waals surface area contributed by atoms with Crippen LogP contribution in [0.2, 0.25) is 0 Å². The Bertz CT molecular complexity index is 708. The fourth-order valence-corrected chi connectivity index (χ4v) is 2.72. The van der Waals surface area contributed by atoms with Crippen LogP contribution >= 0.6 is 11.8 Å². The molecule has 0 fully saturated rings.